The Hall–Kier alpha value is -2.87. The van der Waals surface area contributed by atoms with Crippen LogP contribution in [-0.4, -0.2) is 23.8 Å². The molecule has 1 fully saturated rings. The summed E-state index contributed by atoms with van der Waals surface area (Å²) in [5, 5.41) is 15.6. The van der Waals surface area contributed by atoms with Crippen molar-refractivity contribution in [3.63, 3.8) is 0 Å². The first kappa shape index (κ1) is 25.7. The average Bonchev–Trinajstić information content (AvgIpc) is 2.83. The van der Waals surface area contributed by atoms with Gasteiger partial charge < -0.3 is 15.3 Å². The highest BCUT2D eigenvalue weighted by atomic mass is 19.4. The average molecular weight is 477 g/mol. The number of nitrogens with zero attached hydrogens (tertiary/aromatic N) is 1. The molecule has 1 saturated carbocycles. The van der Waals surface area contributed by atoms with Crippen LogP contribution in [-0.2, 0) is 22.4 Å². The number of carboxylic acids is 1. The maximum Gasteiger partial charge on any atom is 0.416 e. The first-order chi connectivity index (χ1) is 16.3. The van der Waals surface area contributed by atoms with E-state index in [4.69, 9.17) is 9.94 Å². The second-order valence-electron chi connectivity index (χ2n) is 8.59. The fourth-order valence-corrected chi connectivity index (χ4v) is 4.43. The Kier molecular flexibility index (Phi) is 9.10. The van der Waals surface area contributed by atoms with E-state index in [0.29, 0.717) is 29.8 Å². The molecule has 1 atom stereocenters. The number of aliphatic carboxylic acids is 1. The van der Waals surface area contributed by atoms with Crippen molar-refractivity contribution in [2.45, 2.75) is 70.2 Å². The van der Waals surface area contributed by atoms with Gasteiger partial charge in [0.1, 0.15) is 0 Å². The number of oxime groups is 1. The van der Waals surface area contributed by atoms with Gasteiger partial charge in [0, 0.05) is 24.9 Å². The molecule has 184 valence electrons. The van der Waals surface area contributed by atoms with Gasteiger partial charge in [-0.3, -0.25) is 4.79 Å². The number of benzene rings is 2. The normalized spacial score (nSPS) is 16.0. The standard InChI is InChI=1S/C26H31F3N2O3/c1-2-31-34-25(20-10-8-18(9-11-20)17-30-15-14-24(32)33)21-12-13-22(19-6-4-3-5-7-19)23(16-21)26(27,28)29/h2,8-13,16,19,25,30H,3-7,14-15,17H2,1H3,(H,32,33). The van der Waals surface area contributed by atoms with Gasteiger partial charge in [-0.15, -0.1) is 0 Å². The van der Waals surface area contributed by atoms with Crippen molar-refractivity contribution in [3.8, 4) is 0 Å². The van der Waals surface area contributed by atoms with Crippen molar-refractivity contribution in [2.24, 2.45) is 5.16 Å². The molecule has 5 nitrogen and oxygen atoms in total. The summed E-state index contributed by atoms with van der Waals surface area (Å²) in [4.78, 5) is 16.2. The minimum atomic E-state index is -4.45. The summed E-state index contributed by atoms with van der Waals surface area (Å²) < 4.78 is 42.1. The van der Waals surface area contributed by atoms with Crippen molar-refractivity contribution in [1.82, 2.24) is 5.32 Å². The quantitative estimate of drug-likeness (QED) is 0.236. The third-order valence-electron chi connectivity index (χ3n) is 6.13. The third-order valence-corrected chi connectivity index (χ3v) is 6.13. The molecule has 8 heteroatoms. The van der Waals surface area contributed by atoms with Crippen LogP contribution in [0, 0.1) is 0 Å². The molecule has 0 radical (unpaired) electrons. The van der Waals surface area contributed by atoms with E-state index in [2.05, 4.69) is 10.5 Å². The van der Waals surface area contributed by atoms with E-state index in [1.54, 1.807) is 31.2 Å². The fourth-order valence-electron chi connectivity index (χ4n) is 4.43. The Morgan fingerprint density at radius 2 is 1.82 bits per heavy atom. The Labute approximate surface area is 198 Å². The van der Waals surface area contributed by atoms with E-state index in [-0.39, 0.29) is 12.3 Å². The Balaban J connectivity index is 1.86. The van der Waals surface area contributed by atoms with Gasteiger partial charge in [-0.1, -0.05) is 60.8 Å². The molecule has 0 spiro atoms. The minimum absolute atomic E-state index is 0.0292. The largest absolute Gasteiger partial charge is 0.481 e. The van der Waals surface area contributed by atoms with Crippen LogP contribution >= 0.6 is 0 Å². The van der Waals surface area contributed by atoms with E-state index >= 15 is 0 Å². The van der Waals surface area contributed by atoms with Crippen LogP contribution in [0.4, 0.5) is 13.2 Å². The highest BCUT2D eigenvalue weighted by Crippen LogP contribution is 2.42. The maximum atomic E-state index is 14.0. The van der Waals surface area contributed by atoms with Gasteiger partial charge in [0.05, 0.1) is 12.0 Å². The van der Waals surface area contributed by atoms with E-state index in [1.165, 1.54) is 12.3 Å². The van der Waals surface area contributed by atoms with E-state index in [9.17, 15) is 18.0 Å². The minimum Gasteiger partial charge on any atom is -0.481 e. The lowest BCUT2D eigenvalue weighted by Crippen LogP contribution is -2.17. The van der Waals surface area contributed by atoms with Gasteiger partial charge in [0.25, 0.3) is 0 Å². The van der Waals surface area contributed by atoms with Crippen LogP contribution in [0.1, 0.15) is 85.3 Å². The molecule has 3 rings (SSSR count). The van der Waals surface area contributed by atoms with Gasteiger partial charge in [0.15, 0.2) is 6.10 Å². The molecule has 0 heterocycles. The zero-order chi connectivity index (χ0) is 24.6. The van der Waals surface area contributed by atoms with Crippen LogP contribution in [0.2, 0.25) is 0 Å². The number of carbonyl (C=O) groups is 1. The van der Waals surface area contributed by atoms with Gasteiger partial charge in [-0.2, -0.15) is 13.2 Å². The first-order valence-corrected chi connectivity index (χ1v) is 11.7. The molecular formula is C26H31F3N2O3. The number of alkyl halides is 3. The predicted molar refractivity (Wildman–Crippen MR) is 125 cm³/mol. The topological polar surface area (TPSA) is 70.9 Å². The second-order valence-corrected chi connectivity index (χ2v) is 8.59. The molecule has 34 heavy (non-hydrogen) atoms. The Morgan fingerprint density at radius 3 is 2.44 bits per heavy atom. The van der Waals surface area contributed by atoms with E-state index in [0.717, 1.165) is 37.7 Å². The summed E-state index contributed by atoms with van der Waals surface area (Å²) in [5.74, 6) is -0.938. The molecule has 2 N–H and O–H groups in total. The van der Waals surface area contributed by atoms with Gasteiger partial charge in [-0.25, -0.2) is 0 Å². The smallest absolute Gasteiger partial charge is 0.416 e. The number of carboxylic acid groups (broad SMARTS) is 1. The van der Waals surface area contributed by atoms with Crippen LogP contribution in [0.25, 0.3) is 0 Å². The molecule has 2 aromatic carbocycles. The van der Waals surface area contributed by atoms with Gasteiger partial charge >= 0.3 is 12.1 Å². The molecule has 1 aliphatic carbocycles. The molecule has 1 aliphatic rings. The lowest BCUT2D eigenvalue weighted by molar-refractivity contribution is -0.139. The molecule has 1 unspecified atom stereocenters. The lowest BCUT2D eigenvalue weighted by Gasteiger charge is -2.26. The van der Waals surface area contributed by atoms with Crippen LogP contribution in [0.5, 0.6) is 0 Å². The molecular weight excluding hydrogens is 445 g/mol. The molecule has 0 aromatic heterocycles. The van der Waals surface area contributed by atoms with Crippen LogP contribution < -0.4 is 5.32 Å². The molecule has 0 aliphatic heterocycles. The molecule has 0 bridgehead atoms. The zero-order valence-electron chi connectivity index (χ0n) is 19.3. The highest BCUT2D eigenvalue weighted by molar-refractivity contribution is 5.66. The summed E-state index contributed by atoms with van der Waals surface area (Å²) in [6, 6.07) is 11.8. The number of nitrogens with one attached hydrogen (secondary N) is 1. The third kappa shape index (κ3) is 7.06. The number of halogens is 3. The van der Waals surface area contributed by atoms with Crippen molar-refractivity contribution in [1.29, 1.82) is 0 Å². The SMILES string of the molecule is CC=NOC(c1ccc(CNCCC(=O)O)cc1)c1ccc(C2CCCCC2)c(C(F)(F)F)c1. The summed E-state index contributed by atoms with van der Waals surface area (Å²) in [7, 11) is 0. The van der Waals surface area contributed by atoms with Crippen LogP contribution in [0.15, 0.2) is 47.6 Å². The van der Waals surface area contributed by atoms with Crippen molar-refractivity contribution < 1.29 is 27.9 Å². The zero-order valence-corrected chi connectivity index (χ0v) is 19.3. The van der Waals surface area contributed by atoms with E-state index < -0.39 is 23.8 Å². The van der Waals surface area contributed by atoms with Gasteiger partial charge in [-0.05, 0) is 48.4 Å². The number of hydrogen-bond donors (Lipinski definition) is 2. The van der Waals surface area contributed by atoms with Crippen molar-refractivity contribution in [2.75, 3.05) is 6.54 Å². The van der Waals surface area contributed by atoms with Crippen molar-refractivity contribution >= 4 is 12.2 Å². The fraction of sp³-hybridized carbons (Fsp3) is 0.462. The summed E-state index contributed by atoms with van der Waals surface area (Å²) >= 11 is 0. The summed E-state index contributed by atoms with van der Waals surface area (Å²) in [5.41, 5.74) is 1.78. The number of hydrogen-bond acceptors (Lipinski definition) is 4. The van der Waals surface area contributed by atoms with E-state index in [1.807, 2.05) is 12.1 Å². The maximum absolute atomic E-state index is 14.0. The molecule has 0 amide bonds. The second kappa shape index (κ2) is 12.0. The monoisotopic (exact) mass is 476 g/mol. The molecule has 0 saturated heterocycles. The highest BCUT2D eigenvalue weighted by Gasteiger charge is 2.36. The lowest BCUT2D eigenvalue weighted by atomic mass is 9.81. The predicted octanol–water partition coefficient (Wildman–Crippen LogP) is 6.43. The first-order valence-electron chi connectivity index (χ1n) is 11.7. The van der Waals surface area contributed by atoms with Crippen LogP contribution in [0.3, 0.4) is 0 Å². The number of rotatable bonds is 10. The summed E-state index contributed by atoms with van der Waals surface area (Å²) in [6.45, 7) is 2.51. The summed E-state index contributed by atoms with van der Waals surface area (Å²) in [6.07, 6.45) is 0.798. The van der Waals surface area contributed by atoms with Crippen molar-refractivity contribution in [3.05, 3.63) is 70.3 Å². The Bertz CT molecular complexity index is 968. The molecule has 2 aromatic rings. The Morgan fingerprint density at radius 1 is 1.15 bits per heavy atom. The van der Waals surface area contributed by atoms with Gasteiger partial charge in [0.2, 0.25) is 0 Å².